The number of hydrogen-bond acceptors (Lipinski definition) is 6. The van der Waals surface area contributed by atoms with Crippen molar-refractivity contribution in [1.82, 2.24) is 14.9 Å². The fraction of sp³-hybridized carbons (Fsp3) is 0.318. The number of nitrogens with one attached hydrogen (secondary N) is 1. The number of benzene rings is 2. The van der Waals surface area contributed by atoms with E-state index in [9.17, 15) is 0 Å². The zero-order valence-electron chi connectivity index (χ0n) is 18.0. The number of rotatable bonds is 6. The van der Waals surface area contributed by atoms with Crippen LogP contribution in [0.25, 0.3) is 11.4 Å². The molecular weight excluding hydrogens is 400 g/mol. The molecule has 0 saturated heterocycles. The molecule has 158 valence electrons. The summed E-state index contributed by atoms with van der Waals surface area (Å²) >= 11 is 5.38. The van der Waals surface area contributed by atoms with Crippen LogP contribution in [0.5, 0.6) is 17.2 Å². The van der Waals surface area contributed by atoms with E-state index in [1.807, 2.05) is 12.1 Å². The molecular formula is C22H26N4O3S. The maximum absolute atomic E-state index is 5.46. The van der Waals surface area contributed by atoms with Crippen molar-refractivity contribution in [3.63, 3.8) is 0 Å². The smallest absolute Gasteiger partial charge is 0.216 e. The fourth-order valence-electron chi connectivity index (χ4n) is 2.98. The summed E-state index contributed by atoms with van der Waals surface area (Å²) in [6, 6.07) is 11.8. The van der Waals surface area contributed by atoms with E-state index in [2.05, 4.69) is 48.2 Å². The molecule has 0 atom stereocenters. The van der Waals surface area contributed by atoms with E-state index >= 15 is 0 Å². The maximum Gasteiger partial charge on any atom is 0.216 e. The van der Waals surface area contributed by atoms with Gasteiger partial charge >= 0.3 is 0 Å². The van der Waals surface area contributed by atoms with Crippen LogP contribution in [-0.4, -0.2) is 42.4 Å². The minimum absolute atomic E-state index is 0.0748. The molecule has 0 fully saturated rings. The van der Waals surface area contributed by atoms with E-state index in [4.69, 9.17) is 26.4 Å². The van der Waals surface area contributed by atoms with Crippen LogP contribution in [0.1, 0.15) is 31.9 Å². The third-order valence-corrected chi connectivity index (χ3v) is 4.97. The second-order valence-electron chi connectivity index (χ2n) is 7.69. The summed E-state index contributed by atoms with van der Waals surface area (Å²) in [6.45, 7) is 6.54. The van der Waals surface area contributed by atoms with E-state index < -0.39 is 0 Å². The summed E-state index contributed by atoms with van der Waals surface area (Å²) in [5.41, 5.74) is 2.94. The summed E-state index contributed by atoms with van der Waals surface area (Å²) in [7, 11) is 4.74. The van der Waals surface area contributed by atoms with Gasteiger partial charge in [-0.3, -0.25) is 0 Å². The van der Waals surface area contributed by atoms with E-state index in [1.54, 1.807) is 44.4 Å². The summed E-state index contributed by atoms with van der Waals surface area (Å²) in [6.07, 6.45) is 1.65. The van der Waals surface area contributed by atoms with Crippen molar-refractivity contribution < 1.29 is 14.2 Å². The van der Waals surface area contributed by atoms with Gasteiger partial charge in [-0.1, -0.05) is 45.0 Å². The number of H-pyrrole nitrogens is 1. The topological polar surface area (TPSA) is 73.7 Å². The molecule has 0 unspecified atom stereocenters. The highest BCUT2D eigenvalue weighted by molar-refractivity contribution is 7.71. The number of aromatic nitrogens is 3. The Morgan fingerprint density at radius 1 is 0.967 bits per heavy atom. The zero-order valence-corrected chi connectivity index (χ0v) is 18.8. The van der Waals surface area contributed by atoms with Gasteiger partial charge in [0.25, 0.3) is 0 Å². The lowest BCUT2D eigenvalue weighted by Gasteiger charge is -2.18. The highest BCUT2D eigenvalue weighted by Gasteiger charge is 2.15. The Morgan fingerprint density at radius 2 is 1.57 bits per heavy atom. The van der Waals surface area contributed by atoms with E-state index in [1.165, 1.54) is 5.56 Å². The zero-order chi connectivity index (χ0) is 21.9. The molecule has 0 saturated carbocycles. The van der Waals surface area contributed by atoms with Crippen molar-refractivity contribution in [3.05, 3.63) is 52.3 Å². The first-order chi connectivity index (χ1) is 14.3. The third kappa shape index (κ3) is 4.38. The van der Waals surface area contributed by atoms with Gasteiger partial charge in [-0.25, -0.2) is 5.10 Å². The molecule has 1 aromatic heterocycles. The predicted octanol–water partition coefficient (Wildman–Crippen LogP) is 4.81. The molecule has 3 rings (SSSR count). The normalized spacial score (nSPS) is 11.7. The Balaban J connectivity index is 2.00. The molecule has 0 aliphatic carbocycles. The van der Waals surface area contributed by atoms with Gasteiger partial charge in [0.2, 0.25) is 4.77 Å². The first-order valence-electron chi connectivity index (χ1n) is 9.41. The summed E-state index contributed by atoms with van der Waals surface area (Å²) < 4.78 is 18.1. The average Bonchev–Trinajstić information content (AvgIpc) is 3.11. The summed E-state index contributed by atoms with van der Waals surface area (Å²) in [4.78, 5) is 0. The van der Waals surface area contributed by atoms with Crippen molar-refractivity contribution >= 4 is 18.4 Å². The van der Waals surface area contributed by atoms with Crippen molar-refractivity contribution in [2.24, 2.45) is 5.10 Å². The quantitative estimate of drug-likeness (QED) is 0.452. The van der Waals surface area contributed by atoms with Crippen LogP contribution in [0.2, 0.25) is 0 Å². The van der Waals surface area contributed by atoms with Crippen LogP contribution >= 0.6 is 12.2 Å². The van der Waals surface area contributed by atoms with Crippen LogP contribution in [0.4, 0.5) is 0 Å². The van der Waals surface area contributed by atoms with Crippen molar-refractivity contribution in [1.29, 1.82) is 0 Å². The summed E-state index contributed by atoms with van der Waals surface area (Å²) in [5, 5.41) is 11.7. The first-order valence-corrected chi connectivity index (χ1v) is 9.82. The molecule has 0 bridgehead atoms. The second kappa shape index (κ2) is 8.71. The SMILES string of the molecule is COc1cc(OC)c(OC)cc1/C=N/n1c(-c2ccc(C(C)(C)C)cc2)n[nH]c1=S. The largest absolute Gasteiger partial charge is 0.496 e. The lowest BCUT2D eigenvalue weighted by molar-refractivity contribution is 0.349. The van der Waals surface area contributed by atoms with E-state index in [0.29, 0.717) is 33.4 Å². The van der Waals surface area contributed by atoms with Gasteiger partial charge in [0.15, 0.2) is 17.3 Å². The molecule has 0 spiro atoms. The van der Waals surface area contributed by atoms with Crippen LogP contribution in [0, 0.1) is 4.77 Å². The van der Waals surface area contributed by atoms with Crippen molar-refractivity contribution in [2.75, 3.05) is 21.3 Å². The Bertz CT molecular complexity index is 1110. The highest BCUT2D eigenvalue weighted by atomic mass is 32.1. The van der Waals surface area contributed by atoms with Crippen molar-refractivity contribution in [3.8, 4) is 28.6 Å². The van der Waals surface area contributed by atoms with Gasteiger partial charge in [-0.2, -0.15) is 14.9 Å². The van der Waals surface area contributed by atoms with Gasteiger partial charge in [-0.15, -0.1) is 0 Å². The van der Waals surface area contributed by atoms with E-state index in [-0.39, 0.29) is 5.41 Å². The Hall–Kier alpha value is -3.13. The molecule has 1 N–H and O–H groups in total. The number of hydrogen-bond donors (Lipinski definition) is 1. The van der Waals surface area contributed by atoms with Gasteiger partial charge in [0.05, 0.1) is 27.5 Å². The average molecular weight is 427 g/mol. The van der Waals surface area contributed by atoms with Crippen LogP contribution in [0.3, 0.4) is 0 Å². The molecule has 8 heteroatoms. The second-order valence-corrected chi connectivity index (χ2v) is 8.07. The van der Waals surface area contributed by atoms with Gasteiger partial charge < -0.3 is 14.2 Å². The monoisotopic (exact) mass is 426 g/mol. The Morgan fingerprint density at radius 3 is 2.13 bits per heavy atom. The van der Waals surface area contributed by atoms with Crippen LogP contribution in [-0.2, 0) is 5.41 Å². The Kier molecular flexibility index (Phi) is 6.26. The first kappa shape index (κ1) is 21.6. The van der Waals surface area contributed by atoms with Gasteiger partial charge in [0, 0.05) is 17.2 Å². The number of ether oxygens (including phenoxy) is 3. The minimum atomic E-state index is 0.0748. The minimum Gasteiger partial charge on any atom is -0.496 e. The molecule has 0 radical (unpaired) electrons. The van der Waals surface area contributed by atoms with Crippen molar-refractivity contribution in [2.45, 2.75) is 26.2 Å². The Labute approximate surface area is 181 Å². The predicted molar refractivity (Wildman–Crippen MR) is 121 cm³/mol. The number of nitrogens with zero attached hydrogens (tertiary/aromatic N) is 3. The van der Waals surface area contributed by atoms with Gasteiger partial charge in [0.1, 0.15) is 5.75 Å². The molecule has 7 nitrogen and oxygen atoms in total. The molecule has 1 heterocycles. The lowest BCUT2D eigenvalue weighted by Crippen LogP contribution is -2.10. The molecule has 0 amide bonds. The molecule has 0 aliphatic heterocycles. The molecule has 2 aromatic carbocycles. The number of methoxy groups -OCH3 is 3. The standard InChI is InChI=1S/C22H26N4O3S/c1-22(2,3)16-9-7-14(8-10-16)20-24-25-21(30)26(20)23-13-15-11-18(28-5)19(29-6)12-17(15)27-4/h7-13H,1-6H3,(H,25,30)/b23-13+. The molecule has 3 aromatic rings. The van der Waals surface area contributed by atoms with Crippen LogP contribution < -0.4 is 14.2 Å². The molecule has 0 aliphatic rings. The van der Waals surface area contributed by atoms with Crippen LogP contribution in [0.15, 0.2) is 41.5 Å². The third-order valence-electron chi connectivity index (χ3n) is 4.71. The van der Waals surface area contributed by atoms with Gasteiger partial charge in [-0.05, 0) is 29.3 Å². The highest BCUT2D eigenvalue weighted by Crippen LogP contribution is 2.34. The van der Waals surface area contributed by atoms with E-state index in [0.717, 1.165) is 5.56 Å². The maximum atomic E-state index is 5.46. The summed E-state index contributed by atoms with van der Waals surface area (Å²) in [5.74, 6) is 2.37. The number of aromatic amines is 1. The molecule has 30 heavy (non-hydrogen) atoms. The lowest BCUT2D eigenvalue weighted by atomic mass is 9.87. The fourth-order valence-corrected chi connectivity index (χ4v) is 3.16.